The number of aliphatic hydroxyl groups is 2. The van der Waals surface area contributed by atoms with E-state index in [9.17, 15) is 9.59 Å². The fraction of sp³-hybridized carbons (Fsp3) is 0.500. The summed E-state index contributed by atoms with van der Waals surface area (Å²) >= 11 is 0. The van der Waals surface area contributed by atoms with Gasteiger partial charge in [0.25, 0.3) is 0 Å². The Kier molecular flexibility index (Phi) is 13.1. The predicted octanol–water partition coefficient (Wildman–Crippen LogP) is -2.88. The number of aliphatic carboxylic acids is 2. The average molecular weight is 196 g/mol. The zero-order valence-corrected chi connectivity index (χ0v) is 10.8. The van der Waals surface area contributed by atoms with Gasteiger partial charge in [-0.15, -0.1) is 0 Å². The molecule has 60 valence electrons. The van der Waals surface area contributed by atoms with E-state index in [-0.39, 0.29) is 59.1 Å². The minimum Gasteiger partial charge on any atom is -0.479 e. The van der Waals surface area contributed by atoms with Crippen LogP contribution in [0.25, 0.3) is 0 Å². The monoisotopic (exact) mass is 196 g/mol. The van der Waals surface area contributed by atoms with Crippen LogP contribution in [-0.4, -0.2) is 104 Å². The SMILES string of the molecule is O=C(O)C(O)C(O)C(=O)O.[Na].[Na]. The van der Waals surface area contributed by atoms with E-state index in [2.05, 4.69) is 0 Å². The van der Waals surface area contributed by atoms with E-state index in [0.29, 0.717) is 0 Å². The normalized spacial score (nSPS) is 13.2. The van der Waals surface area contributed by atoms with Crippen LogP contribution >= 0.6 is 0 Å². The molecule has 12 heavy (non-hydrogen) atoms. The standard InChI is InChI=1S/C4H6O6.2Na/c5-1(3(7)8)2(6)4(9)10;;/h1-2,5-6H,(H,7,8)(H,9,10);;. The third kappa shape index (κ3) is 6.38. The number of carboxylic acids is 2. The first-order valence-electron chi connectivity index (χ1n) is 2.28. The molecule has 4 N–H and O–H groups in total. The smallest absolute Gasteiger partial charge is 0.335 e. The van der Waals surface area contributed by atoms with Gasteiger partial charge >= 0.3 is 11.9 Å². The zero-order valence-electron chi connectivity index (χ0n) is 6.76. The Balaban J connectivity index is -0.000000405. The van der Waals surface area contributed by atoms with Gasteiger partial charge in [0.15, 0.2) is 12.2 Å². The van der Waals surface area contributed by atoms with Gasteiger partial charge in [-0.25, -0.2) is 9.59 Å². The van der Waals surface area contributed by atoms with E-state index in [1.165, 1.54) is 0 Å². The van der Waals surface area contributed by atoms with Gasteiger partial charge in [0.05, 0.1) is 0 Å². The summed E-state index contributed by atoms with van der Waals surface area (Å²) in [6.45, 7) is 0. The van der Waals surface area contributed by atoms with E-state index in [1.807, 2.05) is 0 Å². The fourth-order valence-corrected chi connectivity index (χ4v) is 0.270. The molecule has 2 unspecified atom stereocenters. The van der Waals surface area contributed by atoms with E-state index in [0.717, 1.165) is 0 Å². The van der Waals surface area contributed by atoms with Crippen LogP contribution in [0.4, 0.5) is 0 Å². The molecule has 0 aromatic heterocycles. The minimum absolute atomic E-state index is 0. The summed E-state index contributed by atoms with van der Waals surface area (Å²) in [7, 11) is 0. The van der Waals surface area contributed by atoms with Gasteiger partial charge in [-0.05, 0) is 0 Å². The Bertz CT molecular complexity index is 142. The van der Waals surface area contributed by atoms with Crippen molar-refractivity contribution in [3.63, 3.8) is 0 Å². The first-order chi connectivity index (χ1) is 4.46. The van der Waals surface area contributed by atoms with Crippen molar-refractivity contribution >= 4 is 71.1 Å². The van der Waals surface area contributed by atoms with Crippen molar-refractivity contribution in [2.45, 2.75) is 12.2 Å². The number of hydrogen-bond donors (Lipinski definition) is 4. The number of hydrogen-bond acceptors (Lipinski definition) is 4. The molecule has 2 atom stereocenters. The van der Waals surface area contributed by atoms with Crippen molar-refractivity contribution in [1.82, 2.24) is 0 Å². The predicted molar refractivity (Wildman–Crippen MR) is 38.8 cm³/mol. The number of carboxylic acid groups (broad SMARTS) is 2. The number of rotatable bonds is 3. The van der Waals surface area contributed by atoms with Gasteiger partial charge in [-0.1, -0.05) is 0 Å². The molecule has 0 aromatic carbocycles. The van der Waals surface area contributed by atoms with Crippen molar-refractivity contribution in [3.05, 3.63) is 0 Å². The Morgan fingerprint density at radius 3 is 1.08 bits per heavy atom. The van der Waals surface area contributed by atoms with Gasteiger partial charge in [0, 0.05) is 59.1 Å². The van der Waals surface area contributed by atoms with Crippen molar-refractivity contribution in [3.8, 4) is 0 Å². The minimum atomic E-state index is -2.27. The summed E-state index contributed by atoms with van der Waals surface area (Å²) < 4.78 is 0. The molecule has 0 fully saturated rings. The number of aliphatic hydroxyl groups excluding tert-OH is 2. The molecule has 0 saturated heterocycles. The molecule has 0 rings (SSSR count). The van der Waals surface area contributed by atoms with Crippen molar-refractivity contribution in [1.29, 1.82) is 0 Å². The second-order valence-electron chi connectivity index (χ2n) is 1.57. The molecular formula is C4H6Na2O6. The van der Waals surface area contributed by atoms with Gasteiger partial charge in [-0.3, -0.25) is 0 Å². The van der Waals surface area contributed by atoms with E-state index < -0.39 is 24.1 Å². The molecule has 0 aliphatic carbocycles. The molecule has 0 aromatic rings. The largest absolute Gasteiger partial charge is 0.479 e. The molecule has 2 radical (unpaired) electrons. The summed E-state index contributed by atoms with van der Waals surface area (Å²) in [5.41, 5.74) is 0. The molecule has 8 heteroatoms. The van der Waals surface area contributed by atoms with Gasteiger partial charge in [0.1, 0.15) is 0 Å². The van der Waals surface area contributed by atoms with Crippen molar-refractivity contribution in [2.75, 3.05) is 0 Å². The Labute approximate surface area is 112 Å². The van der Waals surface area contributed by atoms with Crippen LogP contribution in [-0.2, 0) is 9.59 Å². The quantitative estimate of drug-likeness (QED) is 0.360. The van der Waals surface area contributed by atoms with Crippen molar-refractivity contribution in [2.24, 2.45) is 0 Å². The van der Waals surface area contributed by atoms with Crippen LogP contribution in [0.15, 0.2) is 0 Å². The van der Waals surface area contributed by atoms with Gasteiger partial charge in [0.2, 0.25) is 0 Å². The van der Waals surface area contributed by atoms with Crippen molar-refractivity contribution < 1.29 is 30.0 Å². The summed E-state index contributed by atoms with van der Waals surface area (Å²) in [6, 6.07) is 0. The summed E-state index contributed by atoms with van der Waals surface area (Å²) in [4.78, 5) is 19.5. The Morgan fingerprint density at radius 2 is 1.00 bits per heavy atom. The van der Waals surface area contributed by atoms with E-state index in [4.69, 9.17) is 20.4 Å². The molecule has 0 spiro atoms. The van der Waals surface area contributed by atoms with Crippen LogP contribution < -0.4 is 0 Å². The maximum Gasteiger partial charge on any atom is 0.335 e. The van der Waals surface area contributed by atoms with E-state index in [1.54, 1.807) is 0 Å². The van der Waals surface area contributed by atoms with Crippen LogP contribution in [0, 0.1) is 0 Å². The van der Waals surface area contributed by atoms with Crippen LogP contribution in [0.2, 0.25) is 0 Å². The molecule has 0 heterocycles. The second-order valence-corrected chi connectivity index (χ2v) is 1.57. The molecule has 0 aliphatic heterocycles. The Morgan fingerprint density at radius 1 is 0.833 bits per heavy atom. The van der Waals surface area contributed by atoms with E-state index >= 15 is 0 Å². The molecule has 0 saturated carbocycles. The van der Waals surface area contributed by atoms with Gasteiger partial charge in [-0.2, -0.15) is 0 Å². The maximum absolute atomic E-state index is 9.77. The number of carbonyl (C=O) groups is 2. The average Bonchev–Trinajstić information content (AvgIpc) is 1.84. The third-order valence-electron chi connectivity index (χ3n) is 0.805. The van der Waals surface area contributed by atoms with Crippen LogP contribution in [0.1, 0.15) is 0 Å². The fourth-order valence-electron chi connectivity index (χ4n) is 0.270. The maximum atomic E-state index is 9.77. The van der Waals surface area contributed by atoms with Crippen LogP contribution in [0.5, 0.6) is 0 Å². The topological polar surface area (TPSA) is 115 Å². The molecule has 6 nitrogen and oxygen atoms in total. The third-order valence-corrected chi connectivity index (χ3v) is 0.805. The molecule has 0 amide bonds. The first-order valence-corrected chi connectivity index (χ1v) is 2.28. The summed E-state index contributed by atoms with van der Waals surface area (Å²) in [5.74, 6) is -3.54. The first kappa shape index (κ1) is 18.6. The molecular weight excluding hydrogens is 190 g/mol. The van der Waals surface area contributed by atoms with Gasteiger partial charge < -0.3 is 20.4 Å². The second kappa shape index (κ2) is 8.46. The van der Waals surface area contributed by atoms with Crippen LogP contribution in [0.3, 0.4) is 0 Å². The summed E-state index contributed by atoms with van der Waals surface area (Å²) in [5, 5.41) is 32.5. The summed E-state index contributed by atoms with van der Waals surface area (Å²) in [6.07, 6.45) is -4.53. The zero-order chi connectivity index (χ0) is 8.31. The molecule has 0 aliphatic rings. The molecule has 0 bridgehead atoms. The Hall–Kier alpha value is 0.860.